The number of amides is 1. The molecule has 1 unspecified atom stereocenters. The lowest BCUT2D eigenvalue weighted by atomic mass is 10.1. The molecule has 1 atom stereocenters. The number of methoxy groups -OCH3 is 1. The Morgan fingerprint density at radius 3 is 3.05 bits per heavy atom. The van der Waals surface area contributed by atoms with Crippen LogP contribution < -0.4 is 0 Å². The highest BCUT2D eigenvalue weighted by molar-refractivity contribution is 5.94. The molecule has 1 aromatic rings. The molecule has 21 heavy (non-hydrogen) atoms. The van der Waals surface area contributed by atoms with Crippen LogP contribution >= 0.6 is 0 Å². The summed E-state index contributed by atoms with van der Waals surface area (Å²) in [6, 6.07) is 4.24. The number of aliphatic hydroxyl groups excluding tert-OH is 1. The van der Waals surface area contributed by atoms with Gasteiger partial charge in [0.05, 0.1) is 11.7 Å². The molecule has 0 spiro atoms. The van der Waals surface area contributed by atoms with Crippen molar-refractivity contribution in [3.63, 3.8) is 0 Å². The Balaban J connectivity index is 2.15. The molecule has 0 aliphatic carbocycles. The lowest BCUT2D eigenvalue weighted by Crippen LogP contribution is -2.43. The van der Waals surface area contributed by atoms with Gasteiger partial charge in [-0.1, -0.05) is 11.8 Å². The highest BCUT2D eigenvalue weighted by atomic mass is 19.1. The fourth-order valence-electron chi connectivity index (χ4n) is 2.39. The van der Waals surface area contributed by atoms with Crippen molar-refractivity contribution in [2.75, 3.05) is 26.8 Å². The minimum atomic E-state index is -0.593. The SMILES string of the molecule is COC1CCCN(C(=O)c2ccc(C#CCO)cc2F)C1. The van der Waals surface area contributed by atoms with Crippen molar-refractivity contribution in [1.29, 1.82) is 0 Å². The predicted molar refractivity (Wildman–Crippen MR) is 76.3 cm³/mol. The van der Waals surface area contributed by atoms with Crippen LogP contribution in [0, 0.1) is 17.7 Å². The number of nitrogens with zero attached hydrogens (tertiary/aromatic N) is 1. The van der Waals surface area contributed by atoms with Crippen LogP contribution in [-0.4, -0.2) is 48.8 Å². The van der Waals surface area contributed by atoms with E-state index in [2.05, 4.69) is 11.8 Å². The van der Waals surface area contributed by atoms with E-state index in [1.54, 1.807) is 18.1 Å². The van der Waals surface area contributed by atoms with Gasteiger partial charge in [0.15, 0.2) is 0 Å². The molecule has 0 saturated carbocycles. The molecular weight excluding hydrogens is 273 g/mol. The maximum absolute atomic E-state index is 14.1. The van der Waals surface area contributed by atoms with Crippen LogP contribution in [0.3, 0.4) is 0 Å². The molecule has 1 heterocycles. The molecule has 2 rings (SSSR count). The maximum atomic E-state index is 14.1. The largest absolute Gasteiger partial charge is 0.384 e. The molecule has 112 valence electrons. The molecule has 1 saturated heterocycles. The van der Waals surface area contributed by atoms with E-state index in [0.29, 0.717) is 18.7 Å². The number of hydrogen-bond donors (Lipinski definition) is 1. The van der Waals surface area contributed by atoms with Crippen molar-refractivity contribution in [2.24, 2.45) is 0 Å². The lowest BCUT2D eigenvalue weighted by Gasteiger charge is -2.32. The van der Waals surface area contributed by atoms with Gasteiger partial charge in [0.2, 0.25) is 0 Å². The molecule has 1 aromatic carbocycles. The molecule has 1 amide bonds. The average Bonchev–Trinajstić information content (AvgIpc) is 2.52. The Bertz CT molecular complexity index is 577. The summed E-state index contributed by atoms with van der Waals surface area (Å²) in [6.07, 6.45) is 1.78. The molecule has 1 aliphatic heterocycles. The second-order valence-corrected chi connectivity index (χ2v) is 4.91. The van der Waals surface area contributed by atoms with Crippen molar-refractivity contribution in [1.82, 2.24) is 4.90 Å². The first-order chi connectivity index (χ1) is 10.2. The topological polar surface area (TPSA) is 49.8 Å². The molecule has 0 aromatic heterocycles. The van der Waals surface area contributed by atoms with Gasteiger partial charge in [-0.05, 0) is 31.0 Å². The third-order valence-electron chi connectivity index (χ3n) is 3.51. The van der Waals surface area contributed by atoms with Crippen LogP contribution in [0.1, 0.15) is 28.8 Å². The highest BCUT2D eigenvalue weighted by Gasteiger charge is 2.25. The van der Waals surface area contributed by atoms with Crippen LogP contribution in [0.15, 0.2) is 18.2 Å². The number of carbonyl (C=O) groups excluding carboxylic acids is 1. The number of ether oxygens (including phenoxy) is 1. The number of likely N-dealkylation sites (tertiary alicyclic amines) is 1. The van der Waals surface area contributed by atoms with Crippen molar-refractivity contribution in [3.05, 3.63) is 35.1 Å². The number of rotatable bonds is 2. The molecule has 1 N–H and O–H groups in total. The highest BCUT2D eigenvalue weighted by Crippen LogP contribution is 2.18. The van der Waals surface area contributed by atoms with Gasteiger partial charge in [0, 0.05) is 25.8 Å². The normalized spacial score (nSPS) is 18.0. The zero-order valence-electron chi connectivity index (χ0n) is 11.9. The molecular formula is C16H18FNO3. The van der Waals surface area contributed by atoms with Gasteiger partial charge in [0.25, 0.3) is 5.91 Å². The second kappa shape index (κ2) is 7.21. The van der Waals surface area contributed by atoms with Gasteiger partial charge in [-0.25, -0.2) is 4.39 Å². The van der Waals surface area contributed by atoms with E-state index in [1.807, 2.05) is 0 Å². The standard InChI is InChI=1S/C16H18FNO3/c1-21-13-5-2-8-18(11-13)16(20)14-7-6-12(4-3-9-19)10-15(14)17/h6-7,10,13,19H,2,5,8-9,11H2,1H3. The fourth-order valence-corrected chi connectivity index (χ4v) is 2.39. The Morgan fingerprint density at radius 2 is 2.38 bits per heavy atom. The zero-order chi connectivity index (χ0) is 15.2. The Labute approximate surface area is 123 Å². The molecule has 5 heteroatoms. The molecule has 4 nitrogen and oxygen atoms in total. The monoisotopic (exact) mass is 291 g/mol. The zero-order valence-corrected chi connectivity index (χ0v) is 11.9. The van der Waals surface area contributed by atoms with E-state index < -0.39 is 5.82 Å². The molecule has 1 aliphatic rings. The first kappa shape index (κ1) is 15.5. The summed E-state index contributed by atoms with van der Waals surface area (Å²) in [5.41, 5.74) is 0.479. The summed E-state index contributed by atoms with van der Waals surface area (Å²) in [7, 11) is 1.62. The Kier molecular flexibility index (Phi) is 5.32. The quantitative estimate of drug-likeness (QED) is 0.838. The molecule has 1 fully saturated rings. The lowest BCUT2D eigenvalue weighted by molar-refractivity contribution is 0.0266. The van der Waals surface area contributed by atoms with Gasteiger partial charge in [-0.15, -0.1) is 0 Å². The van der Waals surface area contributed by atoms with Crippen LogP contribution in [-0.2, 0) is 4.74 Å². The van der Waals surface area contributed by atoms with E-state index in [1.165, 1.54) is 12.1 Å². The van der Waals surface area contributed by atoms with Crippen LogP contribution in [0.2, 0.25) is 0 Å². The number of carbonyl (C=O) groups is 1. The number of halogens is 1. The van der Waals surface area contributed by atoms with Crippen molar-refractivity contribution < 1.29 is 19.0 Å². The summed E-state index contributed by atoms with van der Waals surface area (Å²) >= 11 is 0. The van der Waals surface area contributed by atoms with Gasteiger partial charge in [0.1, 0.15) is 12.4 Å². The average molecular weight is 291 g/mol. The first-order valence-corrected chi connectivity index (χ1v) is 6.87. The summed E-state index contributed by atoms with van der Waals surface area (Å²) in [5.74, 6) is 4.14. The van der Waals surface area contributed by atoms with Gasteiger partial charge in [-0.3, -0.25) is 4.79 Å². The fraction of sp³-hybridized carbons (Fsp3) is 0.438. The minimum Gasteiger partial charge on any atom is -0.384 e. The summed E-state index contributed by atoms with van der Waals surface area (Å²) in [6.45, 7) is 0.819. The summed E-state index contributed by atoms with van der Waals surface area (Å²) in [5, 5.41) is 8.62. The van der Waals surface area contributed by atoms with Gasteiger partial charge >= 0.3 is 0 Å². The van der Waals surface area contributed by atoms with Crippen molar-refractivity contribution in [3.8, 4) is 11.8 Å². The smallest absolute Gasteiger partial charge is 0.256 e. The maximum Gasteiger partial charge on any atom is 0.256 e. The van der Waals surface area contributed by atoms with E-state index in [-0.39, 0.29) is 24.2 Å². The number of benzene rings is 1. The number of piperidine rings is 1. The van der Waals surface area contributed by atoms with Gasteiger partial charge in [-0.2, -0.15) is 0 Å². The minimum absolute atomic E-state index is 0.0143. The van der Waals surface area contributed by atoms with Crippen molar-refractivity contribution >= 4 is 5.91 Å². The number of aliphatic hydroxyl groups is 1. The first-order valence-electron chi connectivity index (χ1n) is 6.87. The van der Waals surface area contributed by atoms with E-state index >= 15 is 0 Å². The van der Waals surface area contributed by atoms with E-state index in [0.717, 1.165) is 12.8 Å². The molecule has 0 bridgehead atoms. The van der Waals surface area contributed by atoms with Crippen LogP contribution in [0.5, 0.6) is 0 Å². The predicted octanol–water partition coefficient (Wildman–Crippen LogP) is 1.42. The van der Waals surface area contributed by atoms with E-state index in [9.17, 15) is 9.18 Å². The van der Waals surface area contributed by atoms with E-state index in [4.69, 9.17) is 9.84 Å². The summed E-state index contributed by atoms with van der Waals surface area (Å²) in [4.78, 5) is 14.0. The van der Waals surface area contributed by atoms with Crippen molar-refractivity contribution in [2.45, 2.75) is 18.9 Å². The molecule has 0 radical (unpaired) electrons. The Morgan fingerprint density at radius 1 is 1.57 bits per heavy atom. The van der Waals surface area contributed by atoms with Crippen LogP contribution in [0.25, 0.3) is 0 Å². The van der Waals surface area contributed by atoms with Crippen LogP contribution in [0.4, 0.5) is 4.39 Å². The Hall–Kier alpha value is -1.90. The third-order valence-corrected chi connectivity index (χ3v) is 3.51. The van der Waals surface area contributed by atoms with Gasteiger partial charge < -0.3 is 14.7 Å². The third kappa shape index (κ3) is 3.81. The number of hydrogen-bond acceptors (Lipinski definition) is 3. The second-order valence-electron chi connectivity index (χ2n) is 4.91. The summed E-state index contributed by atoms with van der Waals surface area (Å²) < 4.78 is 19.3.